The molecule has 0 radical (unpaired) electrons. The van der Waals surface area contributed by atoms with Crippen LogP contribution in [0.2, 0.25) is 5.02 Å². The molecule has 3 nitrogen and oxygen atoms in total. The van der Waals surface area contributed by atoms with Crippen LogP contribution in [-0.2, 0) is 13.6 Å². The van der Waals surface area contributed by atoms with Crippen LogP contribution in [0, 0.1) is 0 Å². The molecule has 1 aromatic carbocycles. The van der Waals surface area contributed by atoms with Gasteiger partial charge in [0.05, 0.1) is 10.3 Å². The van der Waals surface area contributed by atoms with Gasteiger partial charge in [0.1, 0.15) is 0 Å². The molecular weight excluding hydrogens is 211 g/mol. The molecule has 0 unspecified atom stereocenters. The van der Waals surface area contributed by atoms with E-state index in [-0.39, 0.29) is 0 Å². The number of rotatable bonds is 3. The summed E-state index contributed by atoms with van der Waals surface area (Å²) < 4.78 is 21.4. The van der Waals surface area contributed by atoms with Crippen molar-refractivity contribution in [2.75, 3.05) is 14.2 Å². The maximum Gasteiger partial charge on any atom is 0.362 e. The van der Waals surface area contributed by atoms with Crippen molar-refractivity contribution in [2.45, 2.75) is 0 Å². The van der Waals surface area contributed by atoms with Gasteiger partial charge in [-0.1, -0.05) is 23.7 Å². The standard InChI is InChI=1S/C8H10ClO3P/c1-11-13(10,12-2)8-6-4-3-5-7(8)9/h3-6H,1-2H3. The van der Waals surface area contributed by atoms with Crippen LogP contribution in [0.3, 0.4) is 0 Å². The van der Waals surface area contributed by atoms with E-state index in [0.717, 1.165) is 0 Å². The van der Waals surface area contributed by atoms with Crippen molar-refractivity contribution in [1.29, 1.82) is 0 Å². The van der Waals surface area contributed by atoms with Gasteiger partial charge < -0.3 is 9.05 Å². The molecular formula is C8H10ClO3P. The van der Waals surface area contributed by atoms with E-state index in [1.54, 1.807) is 24.3 Å². The van der Waals surface area contributed by atoms with Crippen LogP contribution in [0.15, 0.2) is 24.3 Å². The van der Waals surface area contributed by atoms with Gasteiger partial charge in [0.2, 0.25) is 0 Å². The first-order valence-corrected chi connectivity index (χ1v) is 5.52. The summed E-state index contributed by atoms with van der Waals surface area (Å²) in [4.78, 5) is 0. The highest BCUT2D eigenvalue weighted by Gasteiger charge is 2.26. The quantitative estimate of drug-likeness (QED) is 0.734. The Morgan fingerprint density at radius 2 is 1.77 bits per heavy atom. The Morgan fingerprint density at radius 3 is 2.23 bits per heavy atom. The summed E-state index contributed by atoms with van der Waals surface area (Å²) in [6.45, 7) is 0. The van der Waals surface area contributed by atoms with Gasteiger partial charge in [-0.3, -0.25) is 4.57 Å². The van der Waals surface area contributed by atoms with Crippen molar-refractivity contribution < 1.29 is 13.6 Å². The minimum Gasteiger partial charge on any atom is -0.309 e. The molecule has 72 valence electrons. The predicted molar refractivity (Wildman–Crippen MR) is 52.7 cm³/mol. The Kier molecular flexibility index (Phi) is 3.51. The summed E-state index contributed by atoms with van der Waals surface area (Å²) in [6.07, 6.45) is 0. The van der Waals surface area contributed by atoms with E-state index in [2.05, 4.69) is 0 Å². The topological polar surface area (TPSA) is 35.5 Å². The monoisotopic (exact) mass is 220 g/mol. The van der Waals surface area contributed by atoms with E-state index in [9.17, 15) is 4.57 Å². The van der Waals surface area contributed by atoms with Crippen molar-refractivity contribution in [3.8, 4) is 0 Å². The Balaban J connectivity index is 3.20. The molecule has 1 rings (SSSR count). The molecule has 13 heavy (non-hydrogen) atoms. The lowest BCUT2D eigenvalue weighted by atomic mass is 10.4. The molecule has 5 heteroatoms. The lowest BCUT2D eigenvalue weighted by molar-refractivity contribution is 0.287. The molecule has 0 saturated carbocycles. The SMILES string of the molecule is COP(=O)(OC)c1ccccc1Cl. The molecule has 0 spiro atoms. The van der Waals surface area contributed by atoms with Crippen molar-refractivity contribution >= 4 is 24.5 Å². The zero-order chi connectivity index (χ0) is 9.90. The molecule has 0 bridgehead atoms. The maximum atomic E-state index is 11.8. The molecule has 0 amide bonds. The van der Waals surface area contributed by atoms with Crippen LogP contribution < -0.4 is 5.30 Å². The molecule has 0 aromatic heterocycles. The zero-order valence-electron chi connectivity index (χ0n) is 7.36. The van der Waals surface area contributed by atoms with Gasteiger partial charge in [0, 0.05) is 14.2 Å². The third kappa shape index (κ3) is 2.12. The van der Waals surface area contributed by atoms with Gasteiger partial charge in [-0.25, -0.2) is 0 Å². The molecule has 1 aromatic rings. The molecule has 0 aliphatic carbocycles. The van der Waals surface area contributed by atoms with Crippen LogP contribution in [0.5, 0.6) is 0 Å². The maximum absolute atomic E-state index is 11.8. The van der Waals surface area contributed by atoms with Gasteiger partial charge in [-0.2, -0.15) is 0 Å². The lowest BCUT2D eigenvalue weighted by Crippen LogP contribution is -2.08. The highest BCUT2D eigenvalue weighted by Crippen LogP contribution is 2.46. The summed E-state index contributed by atoms with van der Waals surface area (Å²) in [5.74, 6) is 0. The van der Waals surface area contributed by atoms with Gasteiger partial charge in [-0.05, 0) is 12.1 Å². The lowest BCUT2D eigenvalue weighted by Gasteiger charge is -2.14. The van der Waals surface area contributed by atoms with Crippen molar-refractivity contribution in [3.05, 3.63) is 29.3 Å². The summed E-state index contributed by atoms with van der Waals surface area (Å²) in [7, 11) is -0.549. The van der Waals surface area contributed by atoms with Crippen molar-refractivity contribution in [2.24, 2.45) is 0 Å². The molecule has 0 atom stereocenters. The second-order valence-corrected chi connectivity index (χ2v) is 4.93. The third-order valence-corrected chi connectivity index (χ3v) is 4.03. The number of hydrogen-bond donors (Lipinski definition) is 0. The van der Waals surface area contributed by atoms with Crippen LogP contribution in [0.1, 0.15) is 0 Å². The van der Waals surface area contributed by atoms with Crippen LogP contribution in [-0.4, -0.2) is 14.2 Å². The molecule has 0 aliphatic rings. The largest absolute Gasteiger partial charge is 0.362 e. The van der Waals surface area contributed by atoms with E-state index in [1.165, 1.54) is 14.2 Å². The second-order valence-electron chi connectivity index (χ2n) is 2.31. The smallest absolute Gasteiger partial charge is 0.309 e. The average Bonchev–Trinajstić information content (AvgIpc) is 2.17. The summed E-state index contributed by atoms with van der Waals surface area (Å²) in [6, 6.07) is 6.74. The third-order valence-electron chi connectivity index (χ3n) is 1.63. The van der Waals surface area contributed by atoms with Gasteiger partial charge in [0.15, 0.2) is 0 Å². The van der Waals surface area contributed by atoms with Crippen LogP contribution in [0.25, 0.3) is 0 Å². The zero-order valence-corrected chi connectivity index (χ0v) is 9.01. The minimum atomic E-state index is -3.20. The first-order valence-electron chi connectivity index (χ1n) is 3.60. The molecule has 0 aliphatic heterocycles. The molecule has 0 N–H and O–H groups in total. The molecule has 0 saturated heterocycles. The van der Waals surface area contributed by atoms with Crippen LogP contribution >= 0.6 is 19.2 Å². The minimum absolute atomic E-state index is 0.384. The Hall–Kier alpha value is -0.340. The summed E-state index contributed by atoms with van der Waals surface area (Å²) in [5.41, 5.74) is 0. The fourth-order valence-corrected chi connectivity index (χ4v) is 2.54. The normalized spacial score (nSPS) is 11.6. The molecule has 0 heterocycles. The van der Waals surface area contributed by atoms with Gasteiger partial charge in [0.25, 0.3) is 0 Å². The van der Waals surface area contributed by atoms with Crippen molar-refractivity contribution in [3.63, 3.8) is 0 Å². The van der Waals surface area contributed by atoms with Gasteiger partial charge >= 0.3 is 7.60 Å². The number of hydrogen-bond acceptors (Lipinski definition) is 3. The number of benzene rings is 1. The van der Waals surface area contributed by atoms with E-state index >= 15 is 0 Å². The first-order chi connectivity index (χ1) is 6.14. The molecule has 0 fully saturated rings. The highest BCUT2D eigenvalue weighted by atomic mass is 35.5. The highest BCUT2D eigenvalue weighted by molar-refractivity contribution is 7.62. The fraction of sp³-hybridized carbons (Fsp3) is 0.250. The van der Waals surface area contributed by atoms with E-state index < -0.39 is 7.60 Å². The Labute approximate surface area is 82.2 Å². The Morgan fingerprint density at radius 1 is 1.23 bits per heavy atom. The van der Waals surface area contributed by atoms with Crippen LogP contribution in [0.4, 0.5) is 0 Å². The van der Waals surface area contributed by atoms with E-state index in [0.29, 0.717) is 10.3 Å². The second kappa shape index (κ2) is 4.25. The summed E-state index contributed by atoms with van der Waals surface area (Å²) in [5, 5.41) is 0.774. The predicted octanol–water partition coefficient (Wildman–Crippen LogP) is 2.45. The Bertz CT molecular complexity index is 332. The summed E-state index contributed by atoms with van der Waals surface area (Å²) >= 11 is 5.83. The van der Waals surface area contributed by atoms with E-state index in [1.807, 2.05) is 0 Å². The first kappa shape index (κ1) is 10.7. The fourth-order valence-electron chi connectivity index (χ4n) is 0.945. The van der Waals surface area contributed by atoms with Gasteiger partial charge in [-0.15, -0.1) is 0 Å². The van der Waals surface area contributed by atoms with Crippen molar-refractivity contribution in [1.82, 2.24) is 0 Å². The number of halogens is 1. The van der Waals surface area contributed by atoms with E-state index in [4.69, 9.17) is 20.6 Å². The average molecular weight is 221 g/mol.